The van der Waals surface area contributed by atoms with Gasteiger partial charge in [0, 0.05) is 51.4 Å². The summed E-state index contributed by atoms with van der Waals surface area (Å²) in [6, 6.07) is 6.74. The fraction of sp³-hybridized carbons (Fsp3) is 0.455. The highest BCUT2D eigenvalue weighted by molar-refractivity contribution is 7.91. The smallest absolute Gasteiger partial charge is 0.225 e. The van der Waals surface area contributed by atoms with Crippen LogP contribution in [0.25, 0.3) is 10.2 Å². The number of fused-ring (bicyclic) bond motifs is 1. The lowest BCUT2D eigenvalue weighted by atomic mass is 9.86. The molecule has 3 aromatic rings. The molecule has 0 radical (unpaired) electrons. The van der Waals surface area contributed by atoms with Crippen molar-refractivity contribution in [3.63, 3.8) is 0 Å². The molecule has 2 atom stereocenters. The van der Waals surface area contributed by atoms with Gasteiger partial charge in [-0.05, 0) is 37.5 Å². The van der Waals surface area contributed by atoms with Crippen LogP contribution in [0.4, 0.5) is 5.95 Å². The number of carbonyl (C=O) groups is 1. The number of likely N-dealkylation sites (N-methyl/N-ethyl adjacent to an activating group) is 1. The number of hydrogen-bond donors (Lipinski definition) is 2. The predicted molar refractivity (Wildman–Crippen MR) is 131 cm³/mol. The number of nitrogens with zero attached hydrogens (tertiary/aromatic N) is 5. The van der Waals surface area contributed by atoms with Crippen LogP contribution >= 0.6 is 11.3 Å². The lowest BCUT2D eigenvalue weighted by Crippen LogP contribution is -2.58. The van der Waals surface area contributed by atoms with E-state index in [-0.39, 0.29) is 11.6 Å². The first kappa shape index (κ1) is 23.5. The van der Waals surface area contributed by atoms with E-state index in [0.29, 0.717) is 17.4 Å². The molecule has 2 N–H and O–H groups in total. The second kappa shape index (κ2) is 9.32. The van der Waals surface area contributed by atoms with E-state index in [1.807, 2.05) is 17.5 Å². The van der Waals surface area contributed by atoms with Crippen molar-refractivity contribution in [2.75, 3.05) is 37.8 Å². The van der Waals surface area contributed by atoms with Crippen molar-refractivity contribution >= 4 is 43.6 Å². The highest BCUT2D eigenvalue weighted by Crippen LogP contribution is 2.31. The number of thiazole rings is 1. The molecule has 1 fully saturated rings. The predicted octanol–water partition coefficient (Wildman–Crippen LogP) is 2.90. The Bertz CT molecular complexity index is 1220. The molecule has 3 heterocycles. The molecule has 1 aromatic carbocycles. The third-order valence-electron chi connectivity index (χ3n) is 6.45. The first-order valence-electron chi connectivity index (χ1n) is 10.8. The number of hydrogen-bond acceptors (Lipinski definition) is 9. The molecule has 11 heteroatoms. The number of carbonyl (C=O) groups excluding carboxylic acids is 1. The van der Waals surface area contributed by atoms with Gasteiger partial charge in [0.2, 0.25) is 12.4 Å². The number of piperidine rings is 1. The number of likely N-dealkylation sites (tertiary alicyclic amines) is 1. The van der Waals surface area contributed by atoms with Gasteiger partial charge >= 0.3 is 0 Å². The Morgan fingerprint density at radius 1 is 1.30 bits per heavy atom. The first-order chi connectivity index (χ1) is 15.7. The lowest BCUT2D eigenvalue weighted by molar-refractivity contribution is -0.111. The zero-order valence-corrected chi connectivity index (χ0v) is 20.7. The van der Waals surface area contributed by atoms with Crippen molar-refractivity contribution in [3.05, 3.63) is 41.7 Å². The van der Waals surface area contributed by atoms with E-state index >= 15 is 0 Å². The van der Waals surface area contributed by atoms with E-state index in [2.05, 4.69) is 50.3 Å². The van der Waals surface area contributed by atoms with Crippen LogP contribution in [0, 0.1) is 4.78 Å². The summed E-state index contributed by atoms with van der Waals surface area (Å²) < 4.78 is 20.7. The molecule has 0 aliphatic carbocycles. The first-order valence-corrected chi connectivity index (χ1v) is 13.6. The van der Waals surface area contributed by atoms with E-state index in [1.165, 1.54) is 28.9 Å². The Kier molecular flexibility index (Phi) is 6.64. The van der Waals surface area contributed by atoms with Crippen LogP contribution in [0.2, 0.25) is 0 Å². The molecule has 33 heavy (non-hydrogen) atoms. The Morgan fingerprint density at radius 2 is 2.00 bits per heavy atom. The van der Waals surface area contributed by atoms with Gasteiger partial charge in [-0.3, -0.25) is 9.69 Å². The van der Waals surface area contributed by atoms with Gasteiger partial charge in [-0.2, -0.15) is 0 Å². The minimum Gasteiger partial charge on any atom is -0.351 e. The van der Waals surface area contributed by atoms with Gasteiger partial charge in [0.1, 0.15) is 0 Å². The number of benzene rings is 1. The zero-order valence-electron chi connectivity index (χ0n) is 19.0. The second-order valence-corrected chi connectivity index (χ2v) is 11.8. The SMILES string of the molecule is C[C@@H](c1ccc2scnc2c1)N1CCC(CN(C)c2ncc(S(C)(=N)=O)cn2)(NC=O)CC1. The van der Waals surface area contributed by atoms with Gasteiger partial charge in [-0.25, -0.2) is 23.9 Å². The van der Waals surface area contributed by atoms with E-state index in [9.17, 15) is 9.00 Å². The molecular weight excluding hydrogens is 458 g/mol. The summed E-state index contributed by atoms with van der Waals surface area (Å²) in [6.07, 6.45) is 6.61. The third-order valence-corrected chi connectivity index (χ3v) is 8.37. The summed E-state index contributed by atoms with van der Waals surface area (Å²) >= 11 is 1.65. The number of aromatic nitrogens is 3. The molecule has 0 bridgehead atoms. The second-order valence-electron chi connectivity index (χ2n) is 8.75. The van der Waals surface area contributed by atoms with Crippen LogP contribution < -0.4 is 10.2 Å². The standard InChI is InChI=1S/C22H29N7O2S2/c1-16(17-4-5-20-19(10-17)26-15-32-20)29-8-6-22(7-9-29,27-14-30)13-28(2)21-24-11-18(12-25-21)33(3,23)31/h4-5,10-12,14-16,23H,6-9,13H2,1-3H3,(H,27,30)/t16-,33?/m0/s1. The largest absolute Gasteiger partial charge is 0.351 e. The van der Waals surface area contributed by atoms with E-state index in [1.54, 1.807) is 11.3 Å². The minimum atomic E-state index is -2.85. The van der Waals surface area contributed by atoms with E-state index < -0.39 is 9.73 Å². The Hall–Kier alpha value is -2.63. The van der Waals surface area contributed by atoms with Crippen molar-refractivity contribution < 1.29 is 9.00 Å². The quantitative estimate of drug-likeness (QED) is 0.470. The van der Waals surface area contributed by atoms with Crippen LogP contribution in [0.3, 0.4) is 0 Å². The van der Waals surface area contributed by atoms with E-state index in [0.717, 1.165) is 37.9 Å². The molecule has 1 aliphatic rings. The fourth-order valence-corrected chi connectivity index (χ4v) is 5.56. The van der Waals surface area contributed by atoms with Crippen molar-refractivity contribution in [2.24, 2.45) is 0 Å². The maximum atomic E-state index is 11.9. The van der Waals surface area contributed by atoms with Crippen LogP contribution in [-0.4, -0.2) is 68.9 Å². The van der Waals surface area contributed by atoms with Gasteiger partial charge in [-0.1, -0.05) is 6.07 Å². The zero-order chi connectivity index (χ0) is 23.6. The molecule has 176 valence electrons. The topological polar surface area (TPSA) is 115 Å². The van der Waals surface area contributed by atoms with Crippen LogP contribution in [0.1, 0.15) is 31.4 Å². The van der Waals surface area contributed by atoms with Gasteiger partial charge in [0.05, 0.1) is 35.9 Å². The van der Waals surface area contributed by atoms with Crippen LogP contribution in [0.5, 0.6) is 0 Å². The van der Waals surface area contributed by atoms with E-state index in [4.69, 9.17) is 4.78 Å². The van der Waals surface area contributed by atoms with Crippen LogP contribution in [0.15, 0.2) is 41.0 Å². The lowest BCUT2D eigenvalue weighted by Gasteiger charge is -2.45. The van der Waals surface area contributed by atoms with Crippen LogP contribution in [-0.2, 0) is 14.5 Å². The number of anilines is 1. The van der Waals surface area contributed by atoms with Gasteiger partial charge in [-0.15, -0.1) is 11.3 Å². The molecule has 1 amide bonds. The average Bonchev–Trinajstić information content (AvgIpc) is 3.27. The molecule has 1 unspecified atom stereocenters. The number of amides is 1. The Morgan fingerprint density at radius 3 is 2.64 bits per heavy atom. The Labute approximate surface area is 198 Å². The third kappa shape index (κ3) is 5.15. The van der Waals surface area contributed by atoms with Crippen molar-refractivity contribution in [2.45, 2.75) is 36.2 Å². The highest BCUT2D eigenvalue weighted by Gasteiger charge is 2.37. The number of rotatable bonds is 8. The van der Waals surface area contributed by atoms with Crippen molar-refractivity contribution in [3.8, 4) is 0 Å². The van der Waals surface area contributed by atoms with Gasteiger partial charge < -0.3 is 10.2 Å². The summed E-state index contributed by atoms with van der Waals surface area (Å²) in [5.41, 5.74) is 3.77. The summed E-state index contributed by atoms with van der Waals surface area (Å²) in [5.74, 6) is 0.474. The maximum absolute atomic E-state index is 11.9. The molecule has 1 aliphatic heterocycles. The monoisotopic (exact) mass is 487 g/mol. The maximum Gasteiger partial charge on any atom is 0.225 e. The summed E-state index contributed by atoms with van der Waals surface area (Å²) in [7, 11) is -0.970. The highest BCUT2D eigenvalue weighted by atomic mass is 32.2. The molecule has 1 saturated heterocycles. The molecule has 0 saturated carbocycles. The molecule has 0 spiro atoms. The summed E-state index contributed by atoms with van der Waals surface area (Å²) in [6.45, 7) is 4.47. The molecular formula is C22H29N7O2S2. The Balaban J connectivity index is 1.43. The van der Waals surface area contributed by atoms with Gasteiger partial charge in [0.15, 0.2) is 0 Å². The summed E-state index contributed by atoms with van der Waals surface area (Å²) in [4.78, 5) is 29.1. The normalized spacial score (nSPS) is 19.0. The molecule has 2 aromatic heterocycles. The molecule has 9 nitrogen and oxygen atoms in total. The summed E-state index contributed by atoms with van der Waals surface area (Å²) in [5, 5.41) is 3.07. The van der Waals surface area contributed by atoms with Crippen molar-refractivity contribution in [1.82, 2.24) is 25.2 Å². The fourth-order valence-electron chi connectivity index (χ4n) is 4.39. The van der Waals surface area contributed by atoms with Gasteiger partial charge in [0.25, 0.3) is 0 Å². The minimum absolute atomic E-state index is 0.257. The molecule has 4 rings (SSSR count). The van der Waals surface area contributed by atoms with Crippen molar-refractivity contribution in [1.29, 1.82) is 4.78 Å². The average molecular weight is 488 g/mol. The number of nitrogens with one attached hydrogen (secondary N) is 2.